The number of ether oxygens (including phenoxy) is 3. The fourth-order valence-corrected chi connectivity index (χ4v) is 2.11. The predicted molar refractivity (Wildman–Crippen MR) is 94.6 cm³/mol. The number of rotatable bonds is 16. The zero-order valence-corrected chi connectivity index (χ0v) is 15.4. The van der Waals surface area contributed by atoms with Crippen molar-refractivity contribution in [2.45, 2.75) is 65.7 Å². The lowest BCUT2D eigenvalue weighted by Gasteiger charge is -2.08. The van der Waals surface area contributed by atoms with Gasteiger partial charge in [0.1, 0.15) is 0 Å². The van der Waals surface area contributed by atoms with Crippen LogP contribution in [0.25, 0.3) is 0 Å². The minimum Gasteiger partial charge on any atom is -0.462 e. The quantitative estimate of drug-likeness (QED) is 0.237. The standard InChI is InChI=1S/C19H36O4/c1-5-21-15-16-22-14-12-18(4)19(20)23-13-10-8-6-7-9-11-17(2)3/h17H,4-16H2,1-3H3. The highest BCUT2D eigenvalue weighted by Gasteiger charge is 2.08. The fraction of sp³-hybridized carbons (Fsp3) is 0.842. The molecule has 4 heteroatoms. The van der Waals surface area contributed by atoms with Crippen LogP contribution in [0.1, 0.15) is 65.7 Å². The summed E-state index contributed by atoms with van der Waals surface area (Å²) in [5.41, 5.74) is 0.485. The van der Waals surface area contributed by atoms with Crippen molar-refractivity contribution in [3.05, 3.63) is 12.2 Å². The van der Waals surface area contributed by atoms with Crippen LogP contribution in [0.15, 0.2) is 12.2 Å². The molecule has 4 nitrogen and oxygen atoms in total. The average Bonchev–Trinajstić information content (AvgIpc) is 2.52. The number of hydrogen-bond acceptors (Lipinski definition) is 4. The fourth-order valence-electron chi connectivity index (χ4n) is 2.11. The van der Waals surface area contributed by atoms with Gasteiger partial charge < -0.3 is 14.2 Å². The van der Waals surface area contributed by atoms with E-state index in [1.54, 1.807) is 0 Å². The van der Waals surface area contributed by atoms with Gasteiger partial charge in [-0.25, -0.2) is 4.79 Å². The first-order chi connectivity index (χ1) is 11.1. The molecular weight excluding hydrogens is 292 g/mol. The molecule has 0 saturated heterocycles. The van der Waals surface area contributed by atoms with Crippen LogP contribution in [-0.4, -0.2) is 39.0 Å². The van der Waals surface area contributed by atoms with Crippen molar-refractivity contribution in [2.24, 2.45) is 5.92 Å². The van der Waals surface area contributed by atoms with Gasteiger partial charge in [-0.15, -0.1) is 0 Å². The lowest BCUT2D eigenvalue weighted by atomic mass is 10.0. The number of hydrogen-bond donors (Lipinski definition) is 0. The molecule has 0 saturated carbocycles. The lowest BCUT2D eigenvalue weighted by molar-refractivity contribution is -0.139. The topological polar surface area (TPSA) is 44.8 Å². The molecule has 0 rings (SSSR count). The summed E-state index contributed by atoms with van der Waals surface area (Å²) in [6.07, 6.45) is 7.68. The summed E-state index contributed by atoms with van der Waals surface area (Å²) < 4.78 is 15.7. The zero-order valence-electron chi connectivity index (χ0n) is 15.4. The van der Waals surface area contributed by atoms with E-state index in [1.807, 2.05) is 6.92 Å². The summed E-state index contributed by atoms with van der Waals surface area (Å²) in [7, 11) is 0. The van der Waals surface area contributed by atoms with Gasteiger partial charge in [-0.3, -0.25) is 0 Å². The van der Waals surface area contributed by atoms with E-state index in [2.05, 4.69) is 20.4 Å². The average molecular weight is 328 g/mol. The van der Waals surface area contributed by atoms with Gasteiger partial charge in [0.25, 0.3) is 0 Å². The van der Waals surface area contributed by atoms with Crippen molar-refractivity contribution in [1.29, 1.82) is 0 Å². The van der Waals surface area contributed by atoms with E-state index >= 15 is 0 Å². The second kappa shape index (κ2) is 16.0. The first kappa shape index (κ1) is 22.1. The Balaban J connectivity index is 3.39. The van der Waals surface area contributed by atoms with Crippen LogP contribution in [0.5, 0.6) is 0 Å². The van der Waals surface area contributed by atoms with Gasteiger partial charge in [0, 0.05) is 18.6 Å². The third-order valence-corrected chi connectivity index (χ3v) is 3.57. The van der Waals surface area contributed by atoms with Gasteiger partial charge in [0.05, 0.1) is 26.4 Å². The first-order valence-corrected chi connectivity index (χ1v) is 9.08. The summed E-state index contributed by atoms with van der Waals surface area (Å²) in [6, 6.07) is 0. The second-order valence-electron chi connectivity index (χ2n) is 6.25. The molecule has 0 unspecified atom stereocenters. The van der Waals surface area contributed by atoms with Crippen LogP contribution in [0.2, 0.25) is 0 Å². The number of carbonyl (C=O) groups is 1. The summed E-state index contributed by atoms with van der Waals surface area (Å²) in [5.74, 6) is 0.503. The van der Waals surface area contributed by atoms with E-state index in [1.165, 1.54) is 25.7 Å². The van der Waals surface area contributed by atoms with Crippen molar-refractivity contribution in [2.75, 3.05) is 33.0 Å². The van der Waals surface area contributed by atoms with E-state index in [9.17, 15) is 4.79 Å². The van der Waals surface area contributed by atoms with Gasteiger partial charge in [-0.05, 0) is 19.3 Å². The van der Waals surface area contributed by atoms with Crippen LogP contribution in [0.4, 0.5) is 0 Å². The van der Waals surface area contributed by atoms with Crippen molar-refractivity contribution in [3.8, 4) is 0 Å². The Kier molecular flexibility index (Phi) is 15.4. The molecule has 0 aromatic heterocycles. The summed E-state index contributed by atoms with van der Waals surface area (Å²) >= 11 is 0. The largest absolute Gasteiger partial charge is 0.462 e. The van der Waals surface area contributed by atoms with Gasteiger partial charge >= 0.3 is 5.97 Å². The Hall–Kier alpha value is -0.870. The van der Waals surface area contributed by atoms with Crippen molar-refractivity contribution in [3.63, 3.8) is 0 Å². The molecule has 0 bridgehead atoms. The number of esters is 1. The van der Waals surface area contributed by atoms with Crippen molar-refractivity contribution < 1.29 is 19.0 Å². The van der Waals surface area contributed by atoms with Crippen LogP contribution in [0.3, 0.4) is 0 Å². The van der Waals surface area contributed by atoms with Crippen LogP contribution < -0.4 is 0 Å². The van der Waals surface area contributed by atoms with Crippen LogP contribution in [-0.2, 0) is 19.0 Å². The molecular formula is C19H36O4. The van der Waals surface area contributed by atoms with Crippen LogP contribution in [0, 0.1) is 5.92 Å². The normalized spacial score (nSPS) is 11.0. The van der Waals surface area contributed by atoms with Gasteiger partial charge in [-0.2, -0.15) is 0 Å². The second-order valence-corrected chi connectivity index (χ2v) is 6.25. The maximum atomic E-state index is 11.7. The third-order valence-electron chi connectivity index (χ3n) is 3.57. The van der Waals surface area contributed by atoms with Crippen LogP contribution >= 0.6 is 0 Å². The molecule has 0 spiro atoms. The minimum absolute atomic E-state index is 0.293. The van der Waals surface area contributed by atoms with Crippen molar-refractivity contribution >= 4 is 5.97 Å². The molecule has 0 fully saturated rings. The Morgan fingerprint density at radius 2 is 1.57 bits per heavy atom. The number of unbranched alkanes of at least 4 members (excludes halogenated alkanes) is 4. The van der Waals surface area contributed by atoms with Gasteiger partial charge in [-0.1, -0.05) is 52.5 Å². The highest BCUT2D eigenvalue weighted by molar-refractivity contribution is 5.87. The van der Waals surface area contributed by atoms with E-state index in [-0.39, 0.29) is 5.97 Å². The molecule has 0 radical (unpaired) electrons. The Bertz CT molecular complexity index is 300. The lowest BCUT2D eigenvalue weighted by Crippen LogP contribution is -2.11. The van der Waals surface area contributed by atoms with Crippen molar-refractivity contribution in [1.82, 2.24) is 0 Å². The molecule has 136 valence electrons. The summed E-state index contributed by atoms with van der Waals surface area (Å²) in [6.45, 7) is 13.0. The molecule has 0 atom stereocenters. The number of carbonyl (C=O) groups excluding carboxylic acids is 1. The smallest absolute Gasteiger partial charge is 0.333 e. The Labute approximate surface area is 142 Å². The Morgan fingerprint density at radius 1 is 0.913 bits per heavy atom. The highest BCUT2D eigenvalue weighted by atomic mass is 16.5. The molecule has 23 heavy (non-hydrogen) atoms. The molecule has 0 aromatic carbocycles. The molecule has 0 N–H and O–H groups in total. The van der Waals surface area contributed by atoms with Gasteiger partial charge in [0.2, 0.25) is 0 Å². The zero-order chi connectivity index (χ0) is 17.3. The predicted octanol–water partition coefficient (Wildman–Crippen LogP) is 4.53. The molecule has 0 heterocycles. The van der Waals surface area contributed by atoms with Gasteiger partial charge in [0.15, 0.2) is 0 Å². The molecule has 0 aliphatic heterocycles. The molecule has 0 amide bonds. The summed E-state index contributed by atoms with van der Waals surface area (Å²) in [5, 5.41) is 0. The highest BCUT2D eigenvalue weighted by Crippen LogP contribution is 2.11. The SMILES string of the molecule is C=C(CCOCCOCC)C(=O)OCCCCCCCC(C)C. The monoisotopic (exact) mass is 328 g/mol. The maximum absolute atomic E-state index is 11.7. The van der Waals surface area contributed by atoms with E-state index < -0.39 is 0 Å². The minimum atomic E-state index is -0.293. The van der Waals surface area contributed by atoms with E-state index in [4.69, 9.17) is 14.2 Å². The van der Waals surface area contributed by atoms with E-state index in [0.29, 0.717) is 45.0 Å². The maximum Gasteiger partial charge on any atom is 0.333 e. The molecule has 0 aliphatic carbocycles. The third kappa shape index (κ3) is 15.8. The summed E-state index contributed by atoms with van der Waals surface area (Å²) in [4.78, 5) is 11.7. The molecule has 0 aliphatic rings. The van der Waals surface area contributed by atoms with E-state index in [0.717, 1.165) is 18.8 Å². The molecule has 0 aromatic rings. The Morgan fingerprint density at radius 3 is 2.26 bits per heavy atom. The first-order valence-electron chi connectivity index (χ1n) is 9.08.